The lowest BCUT2D eigenvalue weighted by Crippen LogP contribution is -2.46. The first-order valence-corrected chi connectivity index (χ1v) is 13.2. The first kappa shape index (κ1) is 29.5. The first-order valence-electron chi connectivity index (χ1n) is 13.2. The second-order valence-electron chi connectivity index (χ2n) is 11.0. The largest absolute Gasteiger partial charge is 0.395 e. The third kappa shape index (κ3) is 7.51. The summed E-state index contributed by atoms with van der Waals surface area (Å²) in [6.45, 7) is 12.8. The summed E-state index contributed by atoms with van der Waals surface area (Å²) in [5.74, 6) is 3.61. The lowest BCUT2D eigenvalue weighted by molar-refractivity contribution is -0.0808. The Morgan fingerprint density at radius 1 is 1.29 bits per heavy atom. The molecular weight excluding hydrogens is 486 g/mol. The number of pyridine rings is 2. The van der Waals surface area contributed by atoms with Gasteiger partial charge < -0.3 is 15.3 Å². The molecule has 3 rings (SSSR count). The second kappa shape index (κ2) is 12.2. The van der Waals surface area contributed by atoms with Crippen molar-refractivity contribution in [2.75, 3.05) is 20.1 Å². The third-order valence-electron chi connectivity index (χ3n) is 6.99. The number of aromatic nitrogens is 2. The van der Waals surface area contributed by atoms with Crippen molar-refractivity contribution in [1.82, 2.24) is 19.5 Å². The third-order valence-corrected chi connectivity index (χ3v) is 6.99. The predicted octanol–water partition coefficient (Wildman–Crippen LogP) is 4.17. The normalized spacial score (nSPS) is 18.4. The van der Waals surface area contributed by atoms with Gasteiger partial charge in [0, 0.05) is 44.5 Å². The number of alkyl halides is 2. The Morgan fingerprint density at radius 3 is 2.61 bits per heavy atom. The number of halogens is 2. The molecule has 2 aromatic rings. The van der Waals surface area contributed by atoms with Crippen LogP contribution in [0.25, 0.3) is 5.70 Å². The van der Waals surface area contributed by atoms with Crippen LogP contribution in [0.3, 0.4) is 0 Å². The molecule has 0 aromatic carbocycles. The number of nitrogens with two attached hydrogens (primary N) is 2. The van der Waals surface area contributed by atoms with E-state index in [9.17, 15) is 13.6 Å². The Labute approximate surface area is 224 Å². The fourth-order valence-electron chi connectivity index (χ4n) is 5.01. The standard InChI is InChI=1S/C29H42F2N6O/c1-7-24-22(15-36-16-23(20(4)5)13-29(30,31)18-36)9-10-25(34-24)28(32)26(35(6)33)17-37-14-21(12-19(2)3)8-11-27(37)38/h8-11,14,19,23H,4,7,12-13,15-18,32-33H2,1-3,5-6H3/b28-26-. The minimum absolute atomic E-state index is 0.145. The van der Waals surface area contributed by atoms with Crippen molar-refractivity contribution in [1.29, 1.82) is 0 Å². The van der Waals surface area contributed by atoms with Gasteiger partial charge in [-0.3, -0.25) is 14.7 Å². The number of allylic oxidation sites excluding steroid dienone is 1. The molecule has 0 aliphatic carbocycles. The highest BCUT2D eigenvalue weighted by molar-refractivity contribution is 5.63. The molecule has 1 atom stereocenters. The summed E-state index contributed by atoms with van der Waals surface area (Å²) in [5, 5.41) is 1.41. The number of nitrogens with zero attached hydrogens (tertiary/aromatic N) is 4. The van der Waals surface area contributed by atoms with Crippen molar-refractivity contribution in [3.05, 3.63) is 81.2 Å². The second-order valence-corrected chi connectivity index (χ2v) is 11.0. The maximum Gasteiger partial charge on any atom is 0.261 e. The van der Waals surface area contributed by atoms with Crippen LogP contribution >= 0.6 is 0 Å². The Balaban J connectivity index is 1.90. The van der Waals surface area contributed by atoms with Gasteiger partial charge in [0.15, 0.2) is 0 Å². The maximum absolute atomic E-state index is 14.4. The zero-order valence-corrected chi connectivity index (χ0v) is 23.3. The van der Waals surface area contributed by atoms with Crippen molar-refractivity contribution in [3.8, 4) is 0 Å². The van der Waals surface area contributed by atoms with Gasteiger partial charge in [-0.2, -0.15) is 0 Å². The molecule has 7 nitrogen and oxygen atoms in total. The molecule has 208 valence electrons. The number of piperidine rings is 1. The molecule has 3 heterocycles. The van der Waals surface area contributed by atoms with Crippen LogP contribution in [0.2, 0.25) is 0 Å². The van der Waals surface area contributed by atoms with E-state index < -0.39 is 5.92 Å². The van der Waals surface area contributed by atoms with Gasteiger partial charge in [-0.1, -0.05) is 45.1 Å². The van der Waals surface area contributed by atoms with Crippen LogP contribution in [-0.4, -0.2) is 45.5 Å². The van der Waals surface area contributed by atoms with Gasteiger partial charge in [0.25, 0.3) is 11.5 Å². The number of likely N-dealkylation sites (N-methyl/N-ethyl adjacent to an activating group) is 1. The smallest absolute Gasteiger partial charge is 0.261 e. The monoisotopic (exact) mass is 528 g/mol. The number of hydrogen-bond donors (Lipinski definition) is 2. The lowest BCUT2D eigenvalue weighted by atomic mass is 9.89. The fourth-order valence-corrected chi connectivity index (χ4v) is 5.01. The average Bonchev–Trinajstić information content (AvgIpc) is 2.82. The van der Waals surface area contributed by atoms with Crippen molar-refractivity contribution < 1.29 is 8.78 Å². The van der Waals surface area contributed by atoms with E-state index in [2.05, 4.69) is 20.4 Å². The van der Waals surface area contributed by atoms with Gasteiger partial charge in [0.2, 0.25) is 0 Å². The Bertz CT molecular complexity index is 1230. The molecule has 0 amide bonds. The minimum atomic E-state index is -2.75. The first-order chi connectivity index (χ1) is 17.8. The van der Waals surface area contributed by atoms with E-state index in [0.29, 0.717) is 42.5 Å². The molecule has 2 aromatic heterocycles. The maximum atomic E-state index is 14.4. The summed E-state index contributed by atoms with van der Waals surface area (Å²) < 4.78 is 30.4. The highest BCUT2D eigenvalue weighted by Crippen LogP contribution is 2.34. The molecule has 9 heteroatoms. The van der Waals surface area contributed by atoms with Gasteiger partial charge in [-0.25, -0.2) is 14.6 Å². The molecule has 1 aliphatic heterocycles. The predicted molar refractivity (Wildman–Crippen MR) is 149 cm³/mol. The molecule has 38 heavy (non-hydrogen) atoms. The van der Waals surface area contributed by atoms with Gasteiger partial charge in [0.05, 0.1) is 30.2 Å². The Morgan fingerprint density at radius 2 is 2.00 bits per heavy atom. The summed E-state index contributed by atoms with van der Waals surface area (Å²) >= 11 is 0. The van der Waals surface area contributed by atoms with Crippen LogP contribution in [0.5, 0.6) is 0 Å². The molecule has 4 N–H and O–H groups in total. The summed E-state index contributed by atoms with van der Waals surface area (Å²) in [5.41, 5.74) is 11.4. The fraction of sp³-hybridized carbons (Fsp3) is 0.517. The van der Waals surface area contributed by atoms with Gasteiger partial charge in [-0.15, -0.1) is 0 Å². The molecule has 1 aliphatic rings. The molecule has 1 saturated heterocycles. The van der Waals surface area contributed by atoms with Gasteiger partial charge in [0.1, 0.15) is 0 Å². The van der Waals surface area contributed by atoms with E-state index in [4.69, 9.17) is 16.6 Å². The van der Waals surface area contributed by atoms with Crippen LogP contribution in [0.15, 0.2) is 53.1 Å². The number of hydrazine groups is 1. The molecular formula is C29H42F2N6O. The van der Waals surface area contributed by atoms with Crippen molar-refractivity contribution in [2.45, 2.75) is 66.0 Å². The number of aryl methyl sites for hydroxylation is 1. The van der Waals surface area contributed by atoms with Gasteiger partial charge >= 0.3 is 0 Å². The SMILES string of the molecule is C=C(C)C1CN(Cc2ccc(/C(N)=C(\Cn3cc(CC(C)C)ccc3=O)N(C)N)nc2CC)CC(F)(F)C1. The average molecular weight is 529 g/mol. The van der Waals surface area contributed by atoms with Crippen LogP contribution in [0.1, 0.15) is 56.6 Å². The minimum Gasteiger partial charge on any atom is -0.395 e. The molecule has 0 saturated carbocycles. The summed E-state index contributed by atoms with van der Waals surface area (Å²) in [4.78, 5) is 19.2. The van der Waals surface area contributed by atoms with E-state index in [1.807, 2.05) is 32.2 Å². The van der Waals surface area contributed by atoms with Crippen molar-refractivity contribution in [3.63, 3.8) is 0 Å². The summed E-state index contributed by atoms with van der Waals surface area (Å²) in [6, 6.07) is 7.11. The number of hydrogen-bond acceptors (Lipinski definition) is 6. The van der Waals surface area contributed by atoms with Crippen molar-refractivity contribution in [2.24, 2.45) is 23.4 Å². The highest BCUT2D eigenvalue weighted by Gasteiger charge is 2.40. The van der Waals surface area contributed by atoms with E-state index in [1.165, 1.54) is 5.01 Å². The van der Waals surface area contributed by atoms with Crippen LogP contribution in [0.4, 0.5) is 8.78 Å². The number of rotatable bonds is 10. The highest BCUT2D eigenvalue weighted by atomic mass is 19.3. The Kier molecular flexibility index (Phi) is 9.49. The molecule has 0 bridgehead atoms. The topological polar surface area (TPSA) is 93.4 Å². The van der Waals surface area contributed by atoms with E-state index in [0.717, 1.165) is 28.8 Å². The molecule has 0 spiro atoms. The van der Waals surface area contributed by atoms with Crippen molar-refractivity contribution >= 4 is 5.70 Å². The summed E-state index contributed by atoms with van der Waals surface area (Å²) in [6.07, 6.45) is 3.16. The van der Waals surface area contributed by atoms with E-state index in [1.54, 1.807) is 28.6 Å². The van der Waals surface area contributed by atoms with E-state index >= 15 is 0 Å². The van der Waals surface area contributed by atoms with Gasteiger partial charge in [-0.05, 0) is 48.8 Å². The van der Waals surface area contributed by atoms with E-state index in [-0.39, 0.29) is 31.0 Å². The zero-order valence-electron chi connectivity index (χ0n) is 23.3. The Hall–Kier alpha value is -3.04. The van der Waals surface area contributed by atoms with Crippen LogP contribution in [-0.2, 0) is 25.9 Å². The molecule has 1 unspecified atom stereocenters. The molecule has 0 radical (unpaired) electrons. The number of likely N-dealkylation sites (tertiary alicyclic amines) is 1. The molecule has 1 fully saturated rings. The lowest BCUT2D eigenvalue weighted by Gasteiger charge is -2.38. The van der Waals surface area contributed by atoms with Crippen LogP contribution in [0, 0.1) is 11.8 Å². The van der Waals surface area contributed by atoms with Crippen LogP contribution < -0.4 is 17.1 Å². The zero-order chi connectivity index (χ0) is 28.2. The summed E-state index contributed by atoms with van der Waals surface area (Å²) in [7, 11) is 1.68. The quantitative estimate of drug-likeness (QED) is 0.273.